The van der Waals surface area contributed by atoms with Crippen molar-refractivity contribution in [3.05, 3.63) is 36.0 Å². The second-order valence-corrected chi connectivity index (χ2v) is 8.13. The number of amides is 1. The Morgan fingerprint density at radius 1 is 1.04 bits per heavy atom. The highest BCUT2D eigenvalue weighted by Gasteiger charge is 2.29. The molecule has 0 spiro atoms. The topological polar surface area (TPSA) is 74.5 Å². The van der Waals surface area contributed by atoms with Gasteiger partial charge in [-0.25, -0.2) is 0 Å². The van der Waals surface area contributed by atoms with Crippen LogP contribution in [-0.2, 0) is 11.3 Å². The Morgan fingerprint density at radius 3 is 2.46 bits per heavy atom. The number of hydrogen-bond donors (Lipinski definition) is 1. The first kappa shape index (κ1) is 17.7. The van der Waals surface area contributed by atoms with Crippen molar-refractivity contribution in [1.29, 1.82) is 0 Å². The molecule has 148 valence electrons. The number of benzene rings is 1. The summed E-state index contributed by atoms with van der Waals surface area (Å²) in [5.41, 5.74) is 2.26. The summed E-state index contributed by atoms with van der Waals surface area (Å²) in [7, 11) is 0. The van der Waals surface area contributed by atoms with Gasteiger partial charge in [0.05, 0.1) is 6.54 Å². The lowest BCUT2D eigenvalue weighted by atomic mass is 10.0. The van der Waals surface area contributed by atoms with Gasteiger partial charge in [-0.05, 0) is 56.4 Å². The van der Waals surface area contributed by atoms with E-state index in [-0.39, 0.29) is 5.91 Å². The summed E-state index contributed by atoms with van der Waals surface area (Å²) < 4.78 is 5.32. The molecule has 1 N–H and O–H groups in total. The van der Waals surface area contributed by atoms with Crippen molar-refractivity contribution in [3.8, 4) is 0 Å². The van der Waals surface area contributed by atoms with Crippen LogP contribution in [0.3, 0.4) is 0 Å². The molecule has 1 saturated carbocycles. The van der Waals surface area contributed by atoms with E-state index in [4.69, 9.17) is 4.52 Å². The molecular weight excluding hydrogens is 354 g/mol. The second-order valence-electron chi connectivity index (χ2n) is 8.13. The maximum Gasteiger partial charge on any atom is 0.229 e. The summed E-state index contributed by atoms with van der Waals surface area (Å²) in [5, 5.41) is 7.66. The minimum atomic E-state index is 0.241. The number of nitrogens with zero attached hydrogens (tertiary/aromatic N) is 4. The molecular formula is C21H27N5O2. The summed E-state index contributed by atoms with van der Waals surface area (Å²) in [5.74, 6) is 2.34. The fourth-order valence-electron chi connectivity index (χ4n) is 4.18. The molecule has 5 rings (SSSR count). The van der Waals surface area contributed by atoms with Crippen LogP contribution in [0.25, 0.3) is 0 Å². The highest BCUT2D eigenvalue weighted by Crippen LogP contribution is 2.38. The van der Waals surface area contributed by atoms with Gasteiger partial charge in [0.25, 0.3) is 0 Å². The molecule has 3 heterocycles. The van der Waals surface area contributed by atoms with E-state index < -0.39 is 0 Å². The SMILES string of the molecule is O=C1CCCN1c1ccc(N2CCC(NCc3noc(C4CC4)n3)CC2)cc1. The lowest BCUT2D eigenvalue weighted by Gasteiger charge is -2.34. The molecule has 1 aromatic heterocycles. The van der Waals surface area contributed by atoms with Crippen molar-refractivity contribution >= 4 is 17.3 Å². The van der Waals surface area contributed by atoms with Gasteiger partial charge >= 0.3 is 0 Å². The number of hydrogen-bond acceptors (Lipinski definition) is 6. The fraction of sp³-hybridized carbons (Fsp3) is 0.571. The fourth-order valence-corrected chi connectivity index (χ4v) is 4.18. The van der Waals surface area contributed by atoms with Crippen LogP contribution < -0.4 is 15.1 Å². The van der Waals surface area contributed by atoms with E-state index in [1.54, 1.807) is 0 Å². The van der Waals surface area contributed by atoms with Gasteiger partial charge in [0.15, 0.2) is 5.82 Å². The normalized spacial score (nSPS) is 20.9. The van der Waals surface area contributed by atoms with Gasteiger partial charge in [-0.15, -0.1) is 0 Å². The Kier molecular flexibility index (Phi) is 4.76. The van der Waals surface area contributed by atoms with Gasteiger partial charge in [-0.3, -0.25) is 4.79 Å². The summed E-state index contributed by atoms with van der Waals surface area (Å²) >= 11 is 0. The maximum absolute atomic E-state index is 11.9. The Balaban J connectivity index is 1.11. The van der Waals surface area contributed by atoms with Gasteiger partial charge in [0.1, 0.15) is 0 Å². The van der Waals surface area contributed by atoms with Crippen LogP contribution in [0.15, 0.2) is 28.8 Å². The lowest BCUT2D eigenvalue weighted by molar-refractivity contribution is -0.117. The number of rotatable bonds is 6. The molecule has 0 atom stereocenters. The van der Waals surface area contributed by atoms with Crippen molar-refractivity contribution in [1.82, 2.24) is 15.5 Å². The third-order valence-corrected chi connectivity index (χ3v) is 6.05. The van der Waals surface area contributed by atoms with Crippen molar-refractivity contribution < 1.29 is 9.32 Å². The van der Waals surface area contributed by atoms with Gasteiger partial charge in [-0.1, -0.05) is 5.16 Å². The summed E-state index contributed by atoms with van der Waals surface area (Å²) in [6.45, 7) is 3.58. The van der Waals surface area contributed by atoms with Crippen molar-refractivity contribution in [2.45, 2.75) is 57.0 Å². The van der Waals surface area contributed by atoms with Gasteiger partial charge < -0.3 is 19.6 Å². The predicted octanol–water partition coefficient (Wildman–Crippen LogP) is 2.83. The highest BCUT2D eigenvalue weighted by molar-refractivity contribution is 5.95. The quantitative estimate of drug-likeness (QED) is 0.829. The highest BCUT2D eigenvalue weighted by atomic mass is 16.5. The van der Waals surface area contributed by atoms with Gasteiger partial charge in [0, 0.05) is 49.4 Å². The Labute approximate surface area is 165 Å². The van der Waals surface area contributed by atoms with E-state index in [1.807, 2.05) is 4.90 Å². The molecule has 2 saturated heterocycles. The van der Waals surface area contributed by atoms with E-state index in [0.717, 1.165) is 56.3 Å². The third-order valence-electron chi connectivity index (χ3n) is 6.05. The molecule has 7 heteroatoms. The Hall–Kier alpha value is -2.41. The zero-order valence-electron chi connectivity index (χ0n) is 16.1. The lowest BCUT2D eigenvalue weighted by Crippen LogP contribution is -2.42. The molecule has 1 aliphatic carbocycles. The molecule has 1 aromatic carbocycles. The zero-order valence-corrected chi connectivity index (χ0v) is 16.1. The van der Waals surface area contributed by atoms with Crippen LogP contribution in [0.1, 0.15) is 56.2 Å². The van der Waals surface area contributed by atoms with Crippen LogP contribution in [0.5, 0.6) is 0 Å². The zero-order chi connectivity index (χ0) is 18.9. The largest absolute Gasteiger partial charge is 0.371 e. The van der Waals surface area contributed by atoms with Crippen molar-refractivity contribution in [2.24, 2.45) is 0 Å². The second kappa shape index (κ2) is 7.54. The van der Waals surface area contributed by atoms with Gasteiger partial charge in [-0.2, -0.15) is 4.98 Å². The number of piperidine rings is 1. The average Bonchev–Trinajstić information content (AvgIpc) is 3.32. The third kappa shape index (κ3) is 3.76. The number of carbonyl (C=O) groups excluding carboxylic acids is 1. The molecule has 3 fully saturated rings. The van der Waals surface area contributed by atoms with Crippen molar-refractivity contribution in [2.75, 3.05) is 29.4 Å². The minimum Gasteiger partial charge on any atom is -0.371 e. The molecule has 0 bridgehead atoms. The number of nitrogens with one attached hydrogen (secondary N) is 1. The minimum absolute atomic E-state index is 0.241. The molecule has 2 aromatic rings. The summed E-state index contributed by atoms with van der Waals surface area (Å²) in [4.78, 5) is 20.7. The Morgan fingerprint density at radius 2 is 1.79 bits per heavy atom. The smallest absolute Gasteiger partial charge is 0.229 e. The standard InChI is InChI=1S/C21H27N5O2/c27-20-2-1-11-26(20)18-7-5-17(6-8-18)25-12-9-16(10-13-25)22-14-19-23-21(28-24-19)15-3-4-15/h5-8,15-16,22H,1-4,9-14H2. The van der Waals surface area contributed by atoms with Crippen LogP contribution in [0.2, 0.25) is 0 Å². The summed E-state index contributed by atoms with van der Waals surface area (Å²) in [6, 6.07) is 8.94. The Bertz CT molecular complexity index is 822. The van der Waals surface area contributed by atoms with Crippen LogP contribution >= 0.6 is 0 Å². The predicted molar refractivity (Wildman–Crippen MR) is 106 cm³/mol. The first-order valence-electron chi connectivity index (χ1n) is 10.5. The monoisotopic (exact) mass is 381 g/mol. The van der Waals surface area contributed by atoms with E-state index in [2.05, 4.69) is 44.6 Å². The van der Waals surface area contributed by atoms with E-state index in [9.17, 15) is 4.79 Å². The first-order chi connectivity index (χ1) is 13.8. The first-order valence-corrected chi connectivity index (χ1v) is 10.5. The van der Waals surface area contributed by atoms with Crippen LogP contribution in [-0.4, -0.2) is 41.7 Å². The molecule has 0 unspecified atom stereocenters. The maximum atomic E-state index is 11.9. The molecule has 3 aliphatic rings. The van der Waals surface area contributed by atoms with Gasteiger partial charge in [0.2, 0.25) is 11.8 Å². The molecule has 2 aliphatic heterocycles. The van der Waals surface area contributed by atoms with E-state index in [0.29, 0.717) is 24.9 Å². The molecule has 28 heavy (non-hydrogen) atoms. The average molecular weight is 381 g/mol. The summed E-state index contributed by atoms with van der Waals surface area (Å²) in [6.07, 6.45) is 6.20. The number of aromatic nitrogens is 2. The molecule has 0 radical (unpaired) electrons. The van der Waals surface area contributed by atoms with E-state index >= 15 is 0 Å². The molecule has 1 amide bonds. The van der Waals surface area contributed by atoms with Crippen molar-refractivity contribution in [3.63, 3.8) is 0 Å². The van der Waals surface area contributed by atoms with E-state index in [1.165, 1.54) is 18.5 Å². The number of carbonyl (C=O) groups is 1. The van der Waals surface area contributed by atoms with Crippen LogP contribution in [0.4, 0.5) is 11.4 Å². The molecule has 7 nitrogen and oxygen atoms in total. The van der Waals surface area contributed by atoms with Crippen LogP contribution in [0, 0.1) is 0 Å². The number of anilines is 2.